The standard InChI is InChI=1S/C18H16O3S/c1-17(21)15(19)13-10-6-7-11-14(13)16(20)18(17,2)22-12-8-4-3-5-9-12/h3-11,21H,1-2H3/t17-,18-/m1/s1. The number of aliphatic hydroxyl groups is 1. The molecule has 0 heterocycles. The molecule has 3 rings (SSSR count). The van der Waals surface area contributed by atoms with Crippen molar-refractivity contribution >= 4 is 23.3 Å². The van der Waals surface area contributed by atoms with Gasteiger partial charge in [0.15, 0.2) is 11.6 Å². The monoisotopic (exact) mass is 312 g/mol. The van der Waals surface area contributed by atoms with Gasteiger partial charge in [0.25, 0.3) is 0 Å². The first kappa shape index (κ1) is 15.0. The van der Waals surface area contributed by atoms with Gasteiger partial charge in [-0.3, -0.25) is 9.59 Å². The summed E-state index contributed by atoms with van der Waals surface area (Å²) in [5.74, 6) is -0.629. The second-order valence-corrected chi connectivity index (χ2v) is 7.22. The molecule has 0 aliphatic heterocycles. The molecule has 2 aromatic carbocycles. The van der Waals surface area contributed by atoms with Crippen molar-refractivity contribution in [2.75, 3.05) is 0 Å². The predicted octanol–water partition coefficient (Wildman–Crippen LogP) is 3.37. The van der Waals surface area contributed by atoms with Gasteiger partial charge < -0.3 is 5.11 Å². The number of hydrogen-bond donors (Lipinski definition) is 1. The van der Waals surface area contributed by atoms with Crippen LogP contribution >= 0.6 is 11.8 Å². The Kier molecular flexibility index (Phi) is 3.46. The van der Waals surface area contributed by atoms with E-state index in [-0.39, 0.29) is 5.78 Å². The number of thioether (sulfide) groups is 1. The van der Waals surface area contributed by atoms with Crippen molar-refractivity contribution < 1.29 is 14.7 Å². The maximum atomic E-state index is 13.0. The highest BCUT2D eigenvalue weighted by Crippen LogP contribution is 2.47. The quantitative estimate of drug-likeness (QED) is 0.924. The summed E-state index contributed by atoms with van der Waals surface area (Å²) < 4.78 is -1.26. The summed E-state index contributed by atoms with van der Waals surface area (Å²) in [4.78, 5) is 26.5. The molecule has 0 unspecified atom stereocenters. The van der Waals surface area contributed by atoms with Crippen LogP contribution in [0.4, 0.5) is 0 Å². The number of Topliss-reactive ketones (excluding diaryl/α,β-unsaturated/α-hetero) is 2. The Bertz CT molecular complexity index is 752. The summed E-state index contributed by atoms with van der Waals surface area (Å²) in [5, 5.41) is 10.8. The zero-order valence-electron chi connectivity index (χ0n) is 12.4. The van der Waals surface area contributed by atoms with Gasteiger partial charge in [-0.05, 0) is 26.0 Å². The van der Waals surface area contributed by atoms with E-state index in [2.05, 4.69) is 0 Å². The Morgan fingerprint density at radius 1 is 0.818 bits per heavy atom. The molecule has 22 heavy (non-hydrogen) atoms. The molecule has 1 aliphatic rings. The number of carbonyl (C=O) groups is 2. The van der Waals surface area contributed by atoms with Crippen molar-refractivity contribution in [2.24, 2.45) is 0 Å². The van der Waals surface area contributed by atoms with Gasteiger partial charge in [0.1, 0.15) is 10.3 Å². The van der Waals surface area contributed by atoms with E-state index in [4.69, 9.17) is 0 Å². The van der Waals surface area contributed by atoms with Gasteiger partial charge in [-0.1, -0.05) is 42.5 Å². The van der Waals surface area contributed by atoms with Crippen LogP contribution in [0.3, 0.4) is 0 Å². The molecule has 0 saturated heterocycles. The first-order chi connectivity index (χ1) is 10.4. The maximum absolute atomic E-state index is 13.0. The van der Waals surface area contributed by atoms with E-state index >= 15 is 0 Å². The van der Waals surface area contributed by atoms with E-state index in [1.165, 1.54) is 18.7 Å². The van der Waals surface area contributed by atoms with E-state index in [9.17, 15) is 14.7 Å². The Labute approximate surface area is 133 Å². The fourth-order valence-electron chi connectivity index (χ4n) is 2.71. The molecule has 0 amide bonds. The van der Waals surface area contributed by atoms with E-state index in [0.717, 1.165) is 4.90 Å². The van der Waals surface area contributed by atoms with Gasteiger partial charge in [-0.15, -0.1) is 11.8 Å². The third-order valence-electron chi connectivity index (χ3n) is 4.29. The van der Waals surface area contributed by atoms with Gasteiger partial charge in [-0.2, -0.15) is 0 Å². The van der Waals surface area contributed by atoms with E-state index in [0.29, 0.717) is 11.1 Å². The van der Waals surface area contributed by atoms with Crippen LogP contribution in [-0.2, 0) is 0 Å². The second-order valence-electron chi connectivity index (χ2n) is 5.72. The summed E-state index contributed by atoms with van der Waals surface area (Å²) in [6, 6.07) is 16.0. The molecule has 0 saturated carbocycles. The molecule has 112 valence electrons. The highest BCUT2D eigenvalue weighted by Gasteiger charge is 2.58. The highest BCUT2D eigenvalue weighted by atomic mass is 32.2. The molecule has 2 aromatic rings. The Balaban J connectivity index is 2.15. The fraction of sp³-hybridized carbons (Fsp3) is 0.222. The van der Waals surface area contributed by atoms with Crippen molar-refractivity contribution in [1.82, 2.24) is 0 Å². The molecule has 0 bridgehead atoms. The number of benzene rings is 2. The molecular weight excluding hydrogens is 296 g/mol. The van der Waals surface area contributed by atoms with Gasteiger partial charge in [-0.25, -0.2) is 0 Å². The van der Waals surface area contributed by atoms with Crippen LogP contribution in [0.1, 0.15) is 34.6 Å². The average Bonchev–Trinajstić information content (AvgIpc) is 2.53. The Morgan fingerprint density at radius 2 is 1.32 bits per heavy atom. The SMILES string of the molecule is C[C@@]1(O)C(=O)c2ccccc2C(=O)[C@@]1(C)Sc1ccccc1. The molecular formula is C18H16O3S. The third-order valence-corrected chi connectivity index (χ3v) is 5.78. The lowest BCUT2D eigenvalue weighted by atomic mass is 9.72. The topological polar surface area (TPSA) is 54.4 Å². The van der Waals surface area contributed by atoms with Crippen molar-refractivity contribution in [3.05, 3.63) is 65.7 Å². The zero-order chi connectivity index (χ0) is 16.0. The number of carbonyl (C=O) groups excluding carboxylic acids is 2. The van der Waals surface area contributed by atoms with Crippen molar-refractivity contribution in [3.63, 3.8) is 0 Å². The number of fused-ring (bicyclic) bond motifs is 1. The lowest BCUT2D eigenvalue weighted by Crippen LogP contribution is -2.61. The van der Waals surface area contributed by atoms with Crippen LogP contribution in [0.5, 0.6) is 0 Å². The Morgan fingerprint density at radius 3 is 1.91 bits per heavy atom. The van der Waals surface area contributed by atoms with Crippen LogP contribution in [0.2, 0.25) is 0 Å². The van der Waals surface area contributed by atoms with Crippen molar-refractivity contribution in [3.8, 4) is 0 Å². The van der Waals surface area contributed by atoms with E-state index in [1.54, 1.807) is 31.2 Å². The number of hydrogen-bond acceptors (Lipinski definition) is 4. The van der Waals surface area contributed by atoms with Crippen LogP contribution in [0.15, 0.2) is 59.5 Å². The smallest absolute Gasteiger partial charge is 0.196 e. The molecule has 1 N–H and O–H groups in total. The molecule has 4 heteroatoms. The molecule has 0 fully saturated rings. The van der Waals surface area contributed by atoms with Crippen LogP contribution in [0.25, 0.3) is 0 Å². The first-order valence-electron chi connectivity index (χ1n) is 7.03. The number of rotatable bonds is 2. The minimum Gasteiger partial charge on any atom is -0.380 e. The van der Waals surface area contributed by atoms with Crippen LogP contribution in [-0.4, -0.2) is 27.0 Å². The molecule has 0 spiro atoms. The lowest BCUT2D eigenvalue weighted by molar-refractivity contribution is 0.0201. The predicted molar refractivity (Wildman–Crippen MR) is 86.4 cm³/mol. The normalized spacial score (nSPS) is 27.6. The first-order valence-corrected chi connectivity index (χ1v) is 7.84. The Hall–Kier alpha value is -1.91. The largest absolute Gasteiger partial charge is 0.380 e. The second kappa shape index (κ2) is 5.07. The van der Waals surface area contributed by atoms with E-state index in [1.807, 2.05) is 30.3 Å². The van der Waals surface area contributed by atoms with E-state index < -0.39 is 16.1 Å². The fourth-order valence-corrected chi connectivity index (χ4v) is 3.96. The molecule has 0 aromatic heterocycles. The molecule has 1 aliphatic carbocycles. The molecule has 3 nitrogen and oxygen atoms in total. The third kappa shape index (κ3) is 2.02. The summed E-state index contributed by atoms with van der Waals surface area (Å²) >= 11 is 1.23. The summed E-state index contributed by atoms with van der Waals surface area (Å²) in [6.45, 7) is 3.07. The van der Waals surface area contributed by atoms with Gasteiger partial charge >= 0.3 is 0 Å². The van der Waals surface area contributed by atoms with Crippen molar-refractivity contribution in [1.29, 1.82) is 0 Å². The molecule has 0 radical (unpaired) electrons. The zero-order valence-corrected chi connectivity index (χ0v) is 13.2. The van der Waals surface area contributed by atoms with Crippen LogP contribution in [0, 0.1) is 0 Å². The minimum atomic E-state index is -1.76. The average molecular weight is 312 g/mol. The lowest BCUT2D eigenvalue weighted by Gasteiger charge is -2.43. The maximum Gasteiger partial charge on any atom is 0.196 e. The van der Waals surface area contributed by atoms with Gasteiger partial charge in [0.05, 0.1) is 0 Å². The summed E-state index contributed by atoms with van der Waals surface area (Å²) in [7, 11) is 0. The van der Waals surface area contributed by atoms with Gasteiger partial charge in [0, 0.05) is 16.0 Å². The van der Waals surface area contributed by atoms with Gasteiger partial charge in [0.2, 0.25) is 0 Å². The minimum absolute atomic E-state index is 0.221. The highest BCUT2D eigenvalue weighted by molar-refractivity contribution is 8.01. The summed E-state index contributed by atoms with van der Waals surface area (Å²) in [5.41, 5.74) is -1.09. The number of ketones is 2. The van der Waals surface area contributed by atoms with Crippen LogP contribution < -0.4 is 0 Å². The van der Waals surface area contributed by atoms with Crippen molar-refractivity contribution in [2.45, 2.75) is 29.1 Å². The summed E-state index contributed by atoms with van der Waals surface area (Å²) in [6.07, 6.45) is 0. The molecule has 2 atom stereocenters.